The van der Waals surface area contributed by atoms with E-state index in [4.69, 9.17) is 14.0 Å². The molecule has 0 aliphatic carbocycles. The van der Waals surface area contributed by atoms with E-state index in [-0.39, 0.29) is 17.6 Å². The first kappa shape index (κ1) is 24.9. The number of aromatic nitrogens is 2. The summed E-state index contributed by atoms with van der Waals surface area (Å²) >= 11 is 0. The molecule has 2 aromatic carbocycles. The number of nitrogens with zero attached hydrogens (tertiary/aromatic N) is 4. The Bertz CT molecular complexity index is 1270. The Labute approximate surface area is 223 Å². The van der Waals surface area contributed by atoms with E-state index in [9.17, 15) is 4.79 Å². The van der Waals surface area contributed by atoms with Gasteiger partial charge in [-0.1, -0.05) is 37.2 Å². The minimum Gasteiger partial charge on any atom is -0.487 e. The lowest BCUT2D eigenvalue weighted by Gasteiger charge is -2.38. The quantitative estimate of drug-likeness (QED) is 0.525. The average molecular weight is 518 g/mol. The van der Waals surface area contributed by atoms with E-state index in [1.165, 1.54) is 5.56 Å². The Hall–Kier alpha value is -3.43. The number of likely N-dealkylation sites (tertiary alicyclic amines) is 1. The van der Waals surface area contributed by atoms with Gasteiger partial charge < -0.3 is 24.2 Å². The molecule has 0 unspecified atom stereocenters. The molecule has 0 atom stereocenters. The van der Waals surface area contributed by atoms with Crippen molar-refractivity contribution in [1.82, 2.24) is 19.9 Å². The molecule has 9 heteroatoms. The van der Waals surface area contributed by atoms with Crippen LogP contribution in [0.15, 0.2) is 47.0 Å². The SMILES string of the molecule is CC(C)c1nc(CN2CCC3(CC2)Cc2cc(-c4ccc(NC(=O)N5CCOCC5)cc4)ccc2O3)no1. The summed E-state index contributed by atoms with van der Waals surface area (Å²) in [7, 11) is 0. The van der Waals surface area contributed by atoms with Crippen LogP contribution in [0.1, 0.15) is 49.9 Å². The van der Waals surface area contributed by atoms with E-state index in [2.05, 4.69) is 64.5 Å². The Morgan fingerprint density at radius 2 is 1.76 bits per heavy atom. The standard InChI is InChI=1S/C29H35N5O4/c1-20(2)27-31-26(32-38-27)19-33-11-9-29(10-12-33)18-23-17-22(5-8-25(23)37-29)21-3-6-24(7-4-21)30-28(35)34-13-15-36-16-14-34/h3-8,17,20H,9-16,18-19H2,1-2H3,(H,30,35). The molecule has 2 amide bonds. The molecular weight excluding hydrogens is 482 g/mol. The summed E-state index contributed by atoms with van der Waals surface area (Å²) in [6.45, 7) is 9.16. The third kappa shape index (κ3) is 5.26. The van der Waals surface area contributed by atoms with Gasteiger partial charge in [0.15, 0.2) is 5.82 Å². The number of amides is 2. The molecule has 1 N–H and O–H groups in total. The van der Waals surface area contributed by atoms with Crippen molar-refractivity contribution in [1.29, 1.82) is 0 Å². The number of ether oxygens (including phenoxy) is 2. The van der Waals surface area contributed by atoms with Crippen molar-refractivity contribution in [2.45, 2.75) is 51.2 Å². The van der Waals surface area contributed by atoms with E-state index in [1.807, 2.05) is 12.1 Å². The molecule has 200 valence electrons. The lowest BCUT2D eigenvalue weighted by Crippen LogP contribution is -2.47. The van der Waals surface area contributed by atoms with Crippen molar-refractivity contribution in [2.75, 3.05) is 44.7 Å². The number of hydrogen-bond acceptors (Lipinski definition) is 7. The van der Waals surface area contributed by atoms with Crippen molar-refractivity contribution in [3.05, 3.63) is 59.7 Å². The summed E-state index contributed by atoms with van der Waals surface area (Å²) in [6, 6.07) is 14.4. The summed E-state index contributed by atoms with van der Waals surface area (Å²) in [5, 5.41) is 7.14. The summed E-state index contributed by atoms with van der Waals surface area (Å²) in [6.07, 6.45) is 2.88. The lowest BCUT2D eigenvalue weighted by molar-refractivity contribution is 0.0161. The van der Waals surface area contributed by atoms with Crippen molar-refractivity contribution in [3.63, 3.8) is 0 Å². The number of carbonyl (C=O) groups is 1. The number of rotatable bonds is 5. The Morgan fingerprint density at radius 1 is 1.03 bits per heavy atom. The second kappa shape index (κ2) is 10.4. The number of carbonyl (C=O) groups excluding carboxylic acids is 1. The minimum atomic E-state index is -0.133. The molecular formula is C29H35N5O4. The number of piperidine rings is 1. The number of benzene rings is 2. The molecule has 3 aliphatic heterocycles. The summed E-state index contributed by atoms with van der Waals surface area (Å²) in [5.41, 5.74) is 4.20. The first-order valence-electron chi connectivity index (χ1n) is 13.6. The zero-order chi connectivity index (χ0) is 26.1. The fourth-order valence-corrected chi connectivity index (χ4v) is 5.49. The molecule has 3 aromatic rings. The molecule has 1 spiro atoms. The van der Waals surface area contributed by atoms with Gasteiger partial charge in [-0.25, -0.2) is 4.79 Å². The Kier molecular flexibility index (Phi) is 6.80. The molecule has 2 saturated heterocycles. The Balaban J connectivity index is 1.05. The largest absolute Gasteiger partial charge is 0.487 e. The topological polar surface area (TPSA) is 93.0 Å². The maximum Gasteiger partial charge on any atom is 0.321 e. The second-order valence-corrected chi connectivity index (χ2v) is 10.9. The van der Waals surface area contributed by atoms with Crippen LogP contribution in [0.25, 0.3) is 11.1 Å². The third-order valence-corrected chi connectivity index (χ3v) is 7.78. The van der Waals surface area contributed by atoms with Gasteiger partial charge in [0, 0.05) is 57.0 Å². The third-order valence-electron chi connectivity index (χ3n) is 7.78. The van der Waals surface area contributed by atoms with Crippen LogP contribution < -0.4 is 10.1 Å². The first-order valence-corrected chi connectivity index (χ1v) is 13.6. The fraction of sp³-hybridized carbons (Fsp3) is 0.483. The fourth-order valence-electron chi connectivity index (χ4n) is 5.49. The number of nitrogens with one attached hydrogen (secondary N) is 1. The monoisotopic (exact) mass is 517 g/mol. The highest BCUT2D eigenvalue weighted by atomic mass is 16.5. The molecule has 0 bridgehead atoms. The molecule has 38 heavy (non-hydrogen) atoms. The molecule has 0 radical (unpaired) electrons. The maximum absolute atomic E-state index is 12.5. The maximum atomic E-state index is 12.5. The molecule has 9 nitrogen and oxygen atoms in total. The van der Waals surface area contributed by atoms with Crippen LogP contribution in [-0.2, 0) is 17.7 Å². The van der Waals surface area contributed by atoms with Crippen molar-refractivity contribution in [3.8, 4) is 16.9 Å². The van der Waals surface area contributed by atoms with Crippen LogP contribution in [0.5, 0.6) is 5.75 Å². The number of urea groups is 1. The van der Waals surface area contributed by atoms with Crippen LogP contribution in [0.3, 0.4) is 0 Å². The van der Waals surface area contributed by atoms with Gasteiger partial charge in [-0.3, -0.25) is 4.90 Å². The summed E-state index contributed by atoms with van der Waals surface area (Å²) in [4.78, 5) is 21.2. The van der Waals surface area contributed by atoms with E-state index in [0.717, 1.165) is 60.7 Å². The second-order valence-electron chi connectivity index (χ2n) is 10.9. The van der Waals surface area contributed by atoms with Crippen LogP contribution in [0.2, 0.25) is 0 Å². The average Bonchev–Trinajstić information content (AvgIpc) is 3.55. The van der Waals surface area contributed by atoms with E-state index >= 15 is 0 Å². The Morgan fingerprint density at radius 3 is 2.47 bits per heavy atom. The highest BCUT2D eigenvalue weighted by molar-refractivity contribution is 5.89. The predicted molar refractivity (Wildman–Crippen MR) is 143 cm³/mol. The van der Waals surface area contributed by atoms with Gasteiger partial charge in [0.2, 0.25) is 5.89 Å². The van der Waals surface area contributed by atoms with Crippen molar-refractivity contribution < 1.29 is 18.8 Å². The minimum absolute atomic E-state index is 0.0790. The van der Waals surface area contributed by atoms with Gasteiger partial charge in [0.05, 0.1) is 19.8 Å². The molecule has 2 fully saturated rings. The summed E-state index contributed by atoms with van der Waals surface area (Å²) < 4.78 is 17.2. The number of hydrogen-bond donors (Lipinski definition) is 1. The van der Waals surface area contributed by atoms with Gasteiger partial charge in [-0.15, -0.1) is 0 Å². The first-order chi connectivity index (χ1) is 18.5. The van der Waals surface area contributed by atoms with Crippen LogP contribution in [-0.4, -0.2) is 71.0 Å². The molecule has 0 saturated carbocycles. The number of morpholine rings is 1. The van der Waals surface area contributed by atoms with Gasteiger partial charge in [-0.2, -0.15) is 4.98 Å². The zero-order valence-corrected chi connectivity index (χ0v) is 22.1. The molecule has 6 rings (SSSR count). The van der Waals surface area contributed by atoms with Crippen LogP contribution in [0.4, 0.5) is 10.5 Å². The summed E-state index contributed by atoms with van der Waals surface area (Å²) in [5.74, 6) is 2.70. The van der Waals surface area contributed by atoms with E-state index in [1.54, 1.807) is 4.90 Å². The molecule has 3 aliphatic rings. The highest BCUT2D eigenvalue weighted by Crippen LogP contribution is 2.42. The van der Waals surface area contributed by atoms with E-state index in [0.29, 0.717) is 38.7 Å². The molecule has 4 heterocycles. The normalized spacial score (nSPS) is 19.0. The zero-order valence-electron chi connectivity index (χ0n) is 22.1. The highest BCUT2D eigenvalue weighted by Gasteiger charge is 2.42. The van der Waals surface area contributed by atoms with Gasteiger partial charge in [0.25, 0.3) is 0 Å². The van der Waals surface area contributed by atoms with E-state index < -0.39 is 0 Å². The van der Waals surface area contributed by atoms with Crippen molar-refractivity contribution >= 4 is 11.7 Å². The van der Waals surface area contributed by atoms with Gasteiger partial charge in [-0.05, 0) is 41.0 Å². The number of anilines is 1. The van der Waals surface area contributed by atoms with Gasteiger partial charge >= 0.3 is 6.03 Å². The predicted octanol–water partition coefficient (Wildman–Crippen LogP) is 4.69. The van der Waals surface area contributed by atoms with Crippen LogP contribution >= 0.6 is 0 Å². The molecule has 1 aromatic heterocycles. The van der Waals surface area contributed by atoms with Crippen LogP contribution in [0, 0.1) is 0 Å². The lowest BCUT2D eigenvalue weighted by atomic mass is 9.86. The van der Waals surface area contributed by atoms with Gasteiger partial charge in [0.1, 0.15) is 11.4 Å². The number of fused-ring (bicyclic) bond motifs is 1. The van der Waals surface area contributed by atoms with Crippen molar-refractivity contribution in [2.24, 2.45) is 0 Å². The smallest absolute Gasteiger partial charge is 0.321 e.